The molecule has 10 nitrogen and oxygen atoms in total. The van der Waals surface area contributed by atoms with E-state index in [0.717, 1.165) is 6.26 Å². The average Bonchev–Trinajstić information content (AvgIpc) is 3.14. The predicted molar refractivity (Wildman–Crippen MR) is 121 cm³/mol. The van der Waals surface area contributed by atoms with Crippen molar-refractivity contribution in [1.29, 1.82) is 0 Å². The third-order valence-electron chi connectivity index (χ3n) is 3.85. The molecule has 0 radical (unpaired) electrons. The third kappa shape index (κ3) is 6.67. The molecule has 12 heteroatoms. The van der Waals surface area contributed by atoms with Crippen molar-refractivity contribution in [2.45, 2.75) is 19.4 Å². The van der Waals surface area contributed by atoms with Gasteiger partial charge < -0.3 is 15.2 Å². The van der Waals surface area contributed by atoms with E-state index in [9.17, 15) is 18.3 Å². The Morgan fingerprint density at radius 2 is 2.00 bits per heavy atom. The average molecular weight is 480 g/mol. The monoisotopic (exact) mass is 479 g/mol. The summed E-state index contributed by atoms with van der Waals surface area (Å²) in [7, 11) is -3.51. The molecule has 0 unspecified atom stereocenters. The SMILES string of the molecule is CC(C)(O)COc1cccnc1-n1cc(C(=O)Nc2cc(Cl)cc(NS(C)(=O)=O)c2)cn1. The number of aromatic nitrogens is 3. The lowest BCUT2D eigenvalue weighted by atomic mass is 10.2. The summed E-state index contributed by atoms with van der Waals surface area (Å²) in [6.07, 6.45) is 5.38. The van der Waals surface area contributed by atoms with E-state index in [1.807, 2.05) is 0 Å². The van der Waals surface area contributed by atoms with Crippen molar-refractivity contribution >= 4 is 38.9 Å². The fraction of sp³-hybridized carbons (Fsp3) is 0.250. The number of carbonyl (C=O) groups excluding carboxylic acids is 1. The summed E-state index contributed by atoms with van der Waals surface area (Å²) < 4.78 is 32.2. The number of ether oxygens (including phenoxy) is 1. The van der Waals surface area contributed by atoms with Crippen LogP contribution >= 0.6 is 11.6 Å². The molecule has 1 amide bonds. The lowest BCUT2D eigenvalue weighted by Crippen LogP contribution is -2.28. The van der Waals surface area contributed by atoms with Crippen LogP contribution in [0.2, 0.25) is 5.02 Å². The zero-order valence-electron chi connectivity index (χ0n) is 17.5. The lowest BCUT2D eigenvalue weighted by Gasteiger charge is -2.18. The van der Waals surface area contributed by atoms with Gasteiger partial charge in [0.15, 0.2) is 11.6 Å². The van der Waals surface area contributed by atoms with Gasteiger partial charge in [-0.2, -0.15) is 5.10 Å². The Hall–Kier alpha value is -3.15. The molecule has 0 saturated heterocycles. The van der Waals surface area contributed by atoms with E-state index < -0.39 is 21.5 Å². The van der Waals surface area contributed by atoms with Crippen LogP contribution in [-0.4, -0.2) is 52.7 Å². The minimum atomic E-state index is -3.51. The Morgan fingerprint density at radius 3 is 2.69 bits per heavy atom. The van der Waals surface area contributed by atoms with Gasteiger partial charge in [-0.15, -0.1) is 0 Å². The van der Waals surface area contributed by atoms with Crippen molar-refractivity contribution in [3.63, 3.8) is 0 Å². The van der Waals surface area contributed by atoms with E-state index in [2.05, 4.69) is 20.1 Å². The van der Waals surface area contributed by atoms with Gasteiger partial charge in [-0.1, -0.05) is 11.6 Å². The number of anilines is 2. The highest BCUT2D eigenvalue weighted by atomic mass is 35.5. The van der Waals surface area contributed by atoms with Gasteiger partial charge in [0.1, 0.15) is 6.61 Å². The Labute approximate surface area is 190 Å². The van der Waals surface area contributed by atoms with E-state index in [-0.39, 0.29) is 22.9 Å². The number of carbonyl (C=O) groups is 1. The third-order valence-corrected chi connectivity index (χ3v) is 4.68. The first-order valence-electron chi connectivity index (χ1n) is 9.35. The predicted octanol–water partition coefficient (Wildman–Crippen LogP) is 2.69. The Kier molecular flexibility index (Phi) is 6.72. The number of nitrogens with one attached hydrogen (secondary N) is 2. The zero-order chi connectivity index (χ0) is 23.5. The lowest BCUT2D eigenvalue weighted by molar-refractivity contribution is 0.0283. The van der Waals surface area contributed by atoms with Crippen LogP contribution in [0.3, 0.4) is 0 Å². The quantitative estimate of drug-likeness (QED) is 0.452. The standard InChI is InChI=1S/C20H22ClN5O5S/c1-20(2,28)12-31-17-5-4-6-22-18(17)26-11-13(10-23-26)19(27)24-15-7-14(21)8-16(9-15)25-32(3,29)30/h4-11,25,28H,12H2,1-3H3,(H,24,27). The maximum absolute atomic E-state index is 12.7. The van der Waals surface area contributed by atoms with Crippen LogP contribution in [0, 0.1) is 0 Å². The number of benzene rings is 1. The first-order chi connectivity index (χ1) is 14.9. The highest BCUT2D eigenvalue weighted by Gasteiger charge is 2.17. The minimum absolute atomic E-state index is 0.0406. The molecule has 3 rings (SSSR count). The molecule has 0 aliphatic carbocycles. The summed E-state index contributed by atoms with van der Waals surface area (Å²) in [5, 5.41) is 17.0. The highest BCUT2D eigenvalue weighted by Crippen LogP contribution is 2.24. The van der Waals surface area contributed by atoms with E-state index in [1.54, 1.807) is 32.2 Å². The maximum Gasteiger partial charge on any atom is 0.258 e. The fourth-order valence-electron chi connectivity index (χ4n) is 2.62. The van der Waals surface area contributed by atoms with Gasteiger partial charge in [-0.25, -0.2) is 18.1 Å². The molecule has 0 atom stereocenters. The molecule has 3 aromatic rings. The van der Waals surface area contributed by atoms with Crippen LogP contribution in [0.4, 0.5) is 11.4 Å². The van der Waals surface area contributed by atoms with Gasteiger partial charge in [0.2, 0.25) is 10.0 Å². The van der Waals surface area contributed by atoms with Crippen LogP contribution < -0.4 is 14.8 Å². The number of hydrogen-bond donors (Lipinski definition) is 3. The molecule has 3 N–H and O–H groups in total. The van der Waals surface area contributed by atoms with Gasteiger partial charge in [0.25, 0.3) is 5.91 Å². The van der Waals surface area contributed by atoms with Crippen LogP contribution in [0.25, 0.3) is 5.82 Å². The van der Waals surface area contributed by atoms with Gasteiger partial charge in [0.05, 0.1) is 29.3 Å². The number of amides is 1. The van der Waals surface area contributed by atoms with Crippen molar-refractivity contribution in [2.24, 2.45) is 0 Å². The Balaban J connectivity index is 1.79. The summed E-state index contributed by atoms with van der Waals surface area (Å²) in [4.78, 5) is 16.9. The molecular formula is C20H22ClN5O5S. The summed E-state index contributed by atoms with van der Waals surface area (Å²) in [6.45, 7) is 3.27. The van der Waals surface area contributed by atoms with Gasteiger partial charge in [-0.05, 0) is 44.2 Å². The van der Waals surface area contributed by atoms with Crippen molar-refractivity contribution in [1.82, 2.24) is 14.8 Å². The molecule has 170 valence electrons. The first kappa shape index (κ1) is 23.5. The summed E-state index contributed by atoms with van der Waals surface area (Å²) in [5.74, 6) is 0.243. The van der Waals surface area contributed by atoms with Gasteiger partial charge in [0, 0.05) is 23.1 Å². The Bertz CT molecular complexity index is 1240. The number of pyridine rings is 1. The molecular weight excluding hydrogens is 458 g/mol. The molecule has 0 bridgehead atoms. The zero-order valence-corrected chi connectivity index (χ0v) is 19.1. The van der Waals surface area contributed by atoms with Crippen molar-refractivity contribution in [2.75, 3.05) is 22.9 Å². The molecule has 0 spiro atoms. The number of rotatable bonds is 8. The number of sulfonamides is 1. The Morgan fingerprint density at radius 1 is 1.28 bits per heavy atom. The number of aliphatic hydroxyl groups is 1. The molecule has 0 saturated carbocycles. The molecule has 0 aliphatic heterocycles. The van der Waals surface area contributed by atoms with Crippen LogP contribution in [0.1, 0.15) is 24.2 Å². The first-order valence-corrected chi connectivity index (χ1v) is 11.6. The molecule has 2 aromatic heterocycles. The normalized spacial score (nSPS) is 11.8. The highest BCUT2D eigenvalue weighted by molar-refractivity contribution is 7.92. The molecule has 2 heterocycles. The van der Waals surface area contributed by atoms with E-state index in [4.69, 9.17) is 16.3 Å². The minimum Gasteiger partial charge on any atom is -0.487 e. The molecule has 32 heavy (non-hydrogen) atoms. The smallest absolute Gasteiger partial charge is 0.258 e. The van der Waals surface area contributed by atoms with Crippen LogP contribution in [0.5, 0.6) is 5.75 Å². The largest absolute Gasteiger partial charge is 0.487 e. The second-order valence-corrected chi connectivity index (χ2v) is 9.84. The van der Waals surface area contributed by atoms with E-state index in [1.165, 1.54) is 35.3 Å². The second-order valence-electron chi connectivity index (χ2n) is 7.66. The molecule has 1 aromatic carbocycles. The summed E-state index contributed by atoms with van der Waals surface area (Å²) in [5.41, 5.74) is -0.299. The fourth-order valence-corrected chi connectivity index (χ4v) is 3.40. The van der Waals surface area contributed by atoms with Gasteiger partial charge in [-0.3, -0.25) is 9.52 Å². The molecule has 0 fully saturated rings. The van der Waals surface area contributed by atoms with Gasteiger partial charge >= 0.3 is 0 Å². The molecule has 0 aliphatic rings. The maximum atomic E-state index is 12.7. The second kappa shape index (κ2) is 9.15. The van der Waals surface area contributed by atoms with E-state index in [0.29, 0.717) is 17.3 Å². The topological polar surface area (TPSA) is 135 Å². The summed E-state index contributed by atoms with van der Waals surface area (Å²) in [6, 6.07) is 7.71. The van der Waals surface area contributed by atoms with Crippen LogP contribution in [-0.2, 0) is 10.0 Å². The number of hydrogen-bond acceptors (Lipinski definition) is 7. The van der Waals surface area contributed by atoms with Crippen molar-refractivity contribution < 1.29 is 23.1 Å². The van der Waals surface area contributed by atoms with Crippen molar-refractivity contribution in [3.05, 3.63) is 59.5 Å². The van der Waals surface area contributed by atoms with E-state index >= 15 is 0 Å². The summed E-state index contributed by atoms with van der Waals surface area (Å²) >= 11 is 6.03. The van der Waals surface area contributed by atoms with Crippen molar-refractivity contribution in [3.8, 4) is 11.6 Å². The number of nitrogens with zero attached hydrogens (tertiary/aromatic N) is 3. The van der Waals surface area contributed by atoms with Crippen LogP contribution in [0.15, 0.2) is 48.9 Å². The number of halogens is 1.